The molecule has 3 aliphatic rings. The summed E-state index contributed by atoms with van der Waals surface area (Å²) in [6, 6.07) is 0.478. The van der Waals surface area contributed by atoms with E-state index in [4.69, 9.17) is 9.72 Å². The Morgan fingerprint density at radius 3 is 2.85 bits per heavy atom. The lowest BCUT2D eigenvalue weighted by atomic mass is 9.98. The molecule has 0 aromatic carbocycles. The Labute approximate surface area is 124 Å². The Kier molecular flexibility index (Phi) is 3.44. The smallest absolute Gasteiger partial charge is 0.186 e. The first-order chi connectivity index (χ1) is 9.83. The van der Waals surface area contributed by atoms with Crippen molar-refractivity contribution in [3.8, 4) is 0 Å². The van der Waals surface area contributed by atoms with Crippen LogP contribution in [0.3, 0.4) is 0 Å². The van der Waals surface area contributed by atoms with Crippen molar-refractivity contribution < 1.29 is 4.74 Å². The lowest BCUT2D eigenvalue weighted by Gasteiger charge is -2.31. The van der Waals surface area contributed by atoms with Crippen molar-refractivity contribution in [2.24, 2.45) is 0 Å². The van der Waals surface area contributed by atoms with E-state index in [1.54, 1.807) is 0 Å². The molecule has 110 valence electrons. The number of fused-ring (bicyclic) bond motifs is 3. The second-order valence-corrected chi connectivity index (χ2v) is 7.23. The fourth-order valence-corrected chi connectivity index (χ4v) is 4.94. The monoisotopic (exact) mass is 293 g/mol. The van der Waals surface area contributed by atoms with Crippen molar-refractivity contribution in [3.05, 3.63) is 10.6 Å². The first-order valence-electron chi connectivity index (χ1n) is 7.97. The van der Waals surface area contributed by atoms with E-state index >= 15 is 0 Å². The van der Waals surface area contributed by atoms with Crippen LogP contribution in [0, 0.1) is 0 Å². The predicted molar refractivity (Wildman–Crippen MR) is 81.6 cm³/mol. The van der Waals surface area contributed by atoms with Gasteiger partial charge in [0.15, 0.2) is 5.13 Å². The Balaban J connectivity index is 1.57. The summed E-state index contributed by atoms with van der Waals surface area (Å²) in [5, 5.41) is 4.82. The summed E-state index contributed by atoms with van der Waals surface area (Å²) in [5.74, 6) is 0. The number of rotatable bonds is 3. The molecule has 3 heterocycles. The van der Waals surface area contributed by atoms with Crippen molar-refractivity contribution in [2.75, 3.05) is 24.5 Å². The topological polar surface area (TPSA) is 37.4 Å². The number of aryl methyl sites for hydroxylation is 1. The van der Waals surface area contributed by atoms with Gasteiger partial charge in [-0.1, -0.05) is 6.92 Å². The first-order valence-corrected chi connectivity index (χ1v) is 8.78. The first kappa shape index (κ1) is 13.0. The average Bonchev–Trinajstić information content (AvgIpc) is 3.03. The Bertz CT molecular complexity index is 477. The van der Waals surface area contributed by atoms with Gasteiger partial charge in [0.25, 0.3) is 0 Å². The zero-order chi connectivity index (χ0) is 13.5. The van der Waals surface area contributed by atoms with E-state index in [-0.39, 0.29) is 0 Å². The van der Waals surface area contributed by atoms with Crippen LogP contribution >= 0.6 is 11.3 Å². The molecule has 0 amide bonds. The average molecular weight is 293 g/mol. The van der Waals surface area contributed by atoms with Crippen molar-refractivity contribution in [1.29, 1.82) is 0 Å². The third-order valence-electron chi connectivity index (χ3n) is 4.71. The maximum absolute atomic E-state index is 5.93. The molecule has 0 saturated carbocycles. The standard InChI is InChI=1S/C15H23N3OS/c1-2-16-12-4-3-5-13-14(12)17-15(20-13)18-8-10-6-7-11(9-18)19-10/h10-12,16H,2-9H2,1H3. The van der Waals surface area contributed by atoms with Gasteiger partial charge >= 0.3 is 0 Å². The van der Waals surface area contributed by atoms with Crippen molar-refractivity contribution in [2.45, 2.75) is 57.3 Å². The van der Waals surface area contributed by atoms with Gasteiger partial charge in [0.2, 0.25) is 0 Å². The third kappa shape index (κ3) is 2.26. The maximum Gasteiger partial charge on any atom is 0.186 e. The van der Waals surface area contributed by atoms with Crippen molar-refractivity contribution in [3.63, 3.8) is 0 Å². The second kappa shape index (κ2) is 5.28. The highest BCUT2D eigenvalue weighted by Crippen LogP contribution is 2.38. The van der Waals surface area contributed by atoms with Crippen LogP contribution in [-0.4, -0.2) is 36.8 Å². The van der Waals surface area contributed by atoms with Crippen LogP contribution in [0.25, 0.3) is 0 Å². The van der Waals surface area contributed by atoms with Gasteiger partial charge in [-0.3, -0.25) is 0 Å². The number of thiazole rings is 1. The van der Waals surface area contributed by atoms with Gasteiger partial charge < -0.3 is 15.0 Å². The number of anilines is 1. The van der Waals surface area contributed by atoms with Crippen LogP contribution < -0.4 is 10.2 Å². The molecule has 1 aromatic rings. The molecule has 5 heteroatoms. The predicted octanol–water partition coefficient (Wildman–Crippen LogP) is 2.50. The zero-order valence-electron chi connectivity index (χ0n) is 12.1. The van der Waals surface area contributed by atoms with Crippen LogP contribution in [0.2, 0.25) is 0 Å². The molecule has 0 radical (unpaired) electrons. The Morgan fingerprint density at radius 1 is 1.30 bits per heavy atom. The van der Waals surface area contributed by atoms with E-state index in [2.05, 4.69) is 17.1 Å². The lowest BCUT2D eigenvalue weighted by Crippen LogP contribution is -2.42. The number of hydrogen-bond acceptors (Lipinski definition) is 5. The highest BCUT2D eigenvalue weighted by molar-refractivity contribution is 7.15. The minimum atomic E-state index is 0.444. The molecular weight excluding hydrogens is 270 g/mol. The largest absolute Gasteiger partial charge is 0.371 e. The summed E-state index contributed by atoms with van der Waals surface area (Å²) < 4.78 is 5.93. The maximum atomic E-state index is 5.93. The molecule has 1 aliphatic carbocycles. The van der Waals surface area contributed by atoms with Crippen LogP contribution in [0.1, 0.15) is 49.2 Å². The van der Waals surface area contributed by atoms with Gasteiger partial charge in [0.1, 0.15) is 0 Å². The van der Waals surface area contributed by atoms with Gasteiger partial charge in [-0.15, -0.1) is 11.3 Å². The molecule has 1 aromatic heterocycles. The number of nitrogens with one attached hydrogen (secondary N) is 1. The Morgan fingerprint density at radius 2 is 2.10 bits per heavy atom. The SMILES string of the molecule is CCNC1CCCc2sc(N3CC4CCC(C3)O4)nc21. The quantitative estimate of drug-likeness (QED) is 0.929. The fourth-order valence-electron chi connectivity index (χ4n) is 3.76. The molecule has 2 fully saturated rings. The van der Waals surface area contributed by atoms with E-state index in [1.165, 1.54) is 47.8 Å². The number of ether oxygens (including phenoxy) is 1. The highest BCUT2D eigenvalue weighted by Gasteiger charge is 2.35. The molecule has 3 atom stereocenters. The van der Waals surface area contributed by atoms with Crippen LogP contribution in [0.15, 0.2) is 0 Å². The van der Waals surface area contributed by atoms with Crippen LogP contribution in [0.4, 0.5) is 5.13 Å². The molecule has 2 saturated heterocycles. The van der Waals surface area contributed by atoms with Gasteiger partial charge in [-0.2, -0.15) is 0 Å². The number of hydrogen-bond donors (Lipinski definition) is 1. The van der Waals surface area contributed by atoms with Gasteiger partial charge in [-0.05, 0) is 38.6 Å². The minimum Gasteiger partial charge on any atom is -0.371 e. The van der Waals surface area contributed by atoms with E-state index in [0.717, 1.165) is 19.6 Å². The molecule has 3 unspecified atom stereocenters. The fraction of sp³-hybridized carbons (Fsp3) is 0.800. The third-order valence-corrected chi connectivity index (χ3v) is 5.90. The normalized spacial score (nSPS) is 32.5. The highest BCUT2D eigenvalue weighted by atomic mass is 32.1. The van der Waals surface area contributed by atoms with Crippen LogP contribution in [-0.2, 0) is 11.2 Å². The van der Waals surface area contributed by atoms with Crippen molar-refractivity contribution in [1.82, 2.24) is 10.3 Å². The number of morpholine rings is 1. The zero-order valence-corrected chi connectivity index (χ0v) is 12.9. The molecule has 0 spiro atoms. The van der Waals surface area contributed by atoms with Gasteiger partial charge in [-0.25, -0.2) is 4.98 Å². The summed E-state index contributed by atoms with van der Waals surface area (Å²) in [5.41, 5.74) is 1.33. The summed E-state index contributed by atoms with van der Waals surface area (Å²) in [4.78, 5) is 8.98. The molecule has 20 heavy (non-hydrogen) atoms. The lowest BCUT2D eigenvalue weighted by molar-refractivity contribution is 0.0304. The number of nitrogens with zero attached hydrogens (tertiary/aromatic N) is 2. The summed E-state index contributed by atoms with van der Waals surface area (Å²) in [6.45, 7) is 5.28. The molecular formula is C15H23N3OS. The van der Waals surface area contributed by atoms with E-state index in [0.29, 0.717) is 18.2 Å². The minimum absolute atomic E-state index is 0.444. The van der Waals surface area contributed by atoms with E-state index in [1.807, 2.05) is 11.3 Å². The van der Waals surface area contributed by atoms with E-state index < -0.39 is 0 Å². The van der Waals surface area contributed by atoms with Gasteiger partial charge in [0.05, 0.1) is 23.9 Å². The number of aromatic nitrogens is 1. The molecule has 2 bridgehead atoms. The summed E-state index contributed by atoms with van der Waals surface area (Å²) in [7, 11) is 0. The molecule has 4 nitrogen and oxygen atoms in total. The van der Waals surface area contributed by atoms with Gasteiger partial charge in [0, 0.05) is 18.0 Å². The summed E-state index contributed by atoms with van der Waals surface area (Å²) in [6.07, 6.45) is 7.09. The molecule has 2 aliphatic heterocycles. The molecule has 1 N–H and O–H groups in total. The van der Waals surface area contributed by atoms with Crippen molar-refractivity contribution >= 4 is 16.5 Å². The molecule has 4 rings (SSSR count). The second-order valence-electron chi connectivity index (χ2n) is 6.17. The van der Waals surface area contributed by atoms with Crippen LogP contribution in [0.5, 0.6) is 0 Å². The Hall–Kier alpha value is -0.650. The van der Waals surface area contributed by atoms with E-state index in [9.17, 15) is 0 Å². The summed E-state index contributed by atoms with van der Waals surface area (Å²) >= 11 is 1.92.